The van der Waals surface area contributed by atoms with Crippen LogP contribution in [0.4, 0.5) is 0 Å². The minimum atomic E-state index is -0.135. The first-order chi connectivity index (χ1) is 15.6. The molecule has 4 aromatic rings. The number of nitrogens with zero attached hydrogens (tertiary/aromatic N) is 2. The SMILES string of the molecule is CC(C)c1ccc(/C=C/C(=O)NCc2cn(-c3ccccc3)nc2-c2ccccc2)cc1. The Morgan fingerprint density at radius 2 is 1.59 bits per heavy atom. The fraction of sp³-hybridized carbons (Fsp3) is 0.143. The molecule has 0 unspecified atom stereocenters. The molecule has 0 radical (unpaired) electrons. The summed E-state index contributed by atoms with van der Waals surface area (Å²) in [6.45, 7) is 4.73. The number of benzene rings is 3. The number of hydrogen-bond donors (Lipinski definition) is 1. The van der Waals surface area contributed by atoms with Crippen LogP contribution in [0.1, 0.15) is 36.5 Å². The molecule has 4 nitrogen and oxygen atoms in total. The molecule has 0 fully saturated rings. The number of carbonyl (C=O) groups is 1. The van der Waals surface area contributed by atoms with Crippen molar-refractivity contribution in [3.8, 4) is 16.9 Å². The molecule has 0 bridgehead atoms. The molecule has 0 saturated heterocycles. The Hall–Kier alpha value is -3.92. The number of para-hydroxylation sites is 1. The monoisotopic (exact) mass is 421 g/mol. The zero-order chi connectivity index (χ0) is 22.3. The van der Waals surface area contributed by atoms with Crippen LogP contribution in [0.15, 0.2) is 97.2 Å². The Morgan fingerprint density at radius 3 is 2.25 bits per heavy atom. The lowest BCUT2D eigenvalue weighted by molar-refractivity contribution is -0.116. The van der Waals surface area contributed by atoms with Gasteiger partial charge >= 0.3 is 0 Å². The highest BCUT2D eigenvalue weighted by Gasteiger charge is 2.12. The van der Waals surface area contributed by atoms with Crippen LogP contribution in [0.3, 0.4) is 0 Å². The maximum absolute atomic E-state index is 12.5. The van der Waals surface area contributed by atoms with E-state index < -0.39 is 0 Å². The van der Waals surface area contributed by atoms with Crippen molar-refractivity contribution in [2.45, 2.75) is 26.3 Å². The van der Waals surface area contributed by atoms with Crippen molar-refractivity contribution >= 4 is 12.0 Å². The van der Waals surface area contributed by atoms with E-state index in [4.69, 9.17) is 5.10 Å². The molecule has 1 N–H and O–H groups in total. The quantitative estimate of drug-likeness (QED) is 0.373. The van der Waals surface area contributed by atoms with Crippen LogP contribution in [0.2, 0.25) is 0 Å². The van der Waals surface area contributed by atoms with Crippen molar-refractivity contribution < 1.29 is 4.79 Å². The summed E-state index contributed by atoms with van der Waals surface area (Å²) in [4.78, 5) is 12.5. The molecule has 1 aromatic heterocycles. The van der Waals surface area contributed by atoms with E-state index in [0.29, 0.717) is 12.5 Å². The minimum Gasteiger partial charge on any atom is -0.348 e. The normalized spacial score (nSPS) is 11.2. The Balaban J connectivity index is 1.49. The average Bonchev–Trinajstić information content (AvgIpc) is 3.27. The van der Waals surface area contributed by atoms with Gasteiger partial charge in [0.05, 0.1) is 11.4 Å². The predicted octanol–water partition coefficient (Wildman–Crippen LogP) is 5.99. The van der Waals surface area contributed by atoms with Crippen LogP contribution in [0, 0.1) is 0 Å². The van der Waals surface area contributed by atoms with E-state index in [0.717, 1.165) is 28.1 Å². The van der Waals surface area contributed by atoms with Gasteiger partial charge in [-0.25, -0.2) is 4.68 Å². The van der Waals surface area contributed by atoms with Gasteiger partial charge in [0.25, 0.3) is 0 Å². The number of hydrogen-bond acceptors (Lipinski definition) is 2. The predicted molar refractivity (Wildman–Crippen MR) is 130 cm³/mol. The topological polar surface area (TPSA) is 46.9 Å². The first kappa shape index (κ1) is 21.3. The highest BCUT2D eigenvalue weighted by atomic mass is 16.1. The Kier molecular flexibility index (Phi) is 6.61. The summed E-state index contributed by atoms with van der Waals surface area (Å²) >= 11 is 0. The molecule has 0 aliphatic rings. The molecule has 0 aliphatic heterocycles. The Morgan fingerprint density at radius 1 is 0.938 bits per heavy atom. The van der Waals surface area contributed by atoms with Gasteiger partial charge in [-0.3, -0.25) is 4.79 Å². The third-order valence-corrected chi connectivity index (χ3v) is 5.34. The van der Waals surface area contributed by atoms with E-state index in [1.54, 1.807) is 6.08 Å². The third-order valence-electron chi connectivity index (χ3n) is 5.34. The summed E-state index contributed by atoms with van der Waals surface area (Å²) < 4.78 is 1.86. The molecule has 1 heterocycles. The van der Waals surface area contributed by atoms with Crippen LogP contribution >= 0.6 is 0 Å². The molecule has 0 spiro atoms. The molecule has 4 rings (SSSR count). The van der Waals surface area contributed by atoms with Gasteiger partial charge in [-0.2, -0.15) is 5.10 Å². The molecule has 1 amide bonds. The lowest BCUT2D eigenvalue weighted by Crippen LogP contribution is -2.20. The second-order valence-electron chi connectivity index (χ2n) is 8.02. The van der Waals surface area contributed by atoms with E-state index >= 15 is 0 Å². The zero-order valence-corrected chi connectivity index (χ0v) is 18.4. The molecular weight excluding hydrogens is 394 g/mol. The summed E-state index contributed by atoms with van der Waals surface area (Å²) in [5.41, 5.74) is 6.12. The zero-order valence-electron chi connectivity index (χ0n) is 18.4. The first-order valence-corrected chi connectivity index (χ1v) is 10.9. The second-order valence-corrected chi connectivity index (χ2v) is 8.02. The highest BCUT2D eigenvalue weighted by molar-refractivity contribution is 5.91. The van der Waals surface area contributed by atoms with Crippen molar-refractivity contribution in [2.75, 3.05) is 0 Å². The van der Waals surface area contributed by atoms with Gasteiger partial charge in [-0.15, -0.1) is 0 Å². The van der Waals surface area contributed by atoms with Crippen LogP contribution in [0.5, 0.6) is 0 Å². The van der Waals surface area contributed by atoms with Gasteiger partial charge in [0.2, 0.25) is 5.91 Å². The van der Waals surface area contributed by atoms with E-state index in [1.807, 2.05) is 89.8 Å². The molecule has 3 aromatic carbocycles. The molecule has 0 atom stereocenters. The number of carbonyl (C=O) groups excluding carboxylic acids is 1. The van der Waals surface area contributed by atoms with Crippen LogP contribution in [-0.4, -0.2) is 15.7 Å². The van der Waals surface area contributed by atoms with E-state index in [9.17, 15) is 4.79 Å². The average molecular weight is 422 g/mol. The van der Waals surface area contributed by atoms with Gasteiger partial charge in [-0.1, -0.05) is 86.6 Å². The number of rotatable bonds is 7. The van der Waals surface area contributed by atoms with Crippen molar-refractivity contribution in [2.24, 2.45) is 0 Å². The van der Waals surface area contributed by atoms with Crippen LogP contribution < -0.4 is 5.32 Å². The van der Waals surface area contributed by atoms with Gasteiger partial charge in [-0.05, 0) is 35.3 Å². The molecule has 4 heteroatoms. The fourth-order valence-corrected chi connectivity index (χ4v) is 3.50. The van der Waals surface area contributed by atoms with Crippen LogP contribution in [-0.2, 0) is 11.3 Å². The van der Waals surface area contributed by atoms with Gasteiger partial charge in [0.1, 0.15) is 0 Å². The van der Waals surface area contributed by atoms with E-state index in [-0.39, 0.29) is 5.91 Å². The molecule has 0 aliphatic carbocycles. The smallest absolute Gasteiger partial charge is 0.244 e. The van der Waals surface area contributed by atoms with E-state index in [1.165, 1.54) is 5.56 Å². The van der Waals surface area contributed by atoms with Crippen molar-refractivity contribution in [3.63, 3.8) is 0 Å². The summed E-state index contributed by atoms with van der Waals surface area (Å²) in [7, 11) is 0. The molecule has 32 heavy (non-hydrogen) atoms. The molecule has 0 saturated carbocycles. The highest BCUT2D eigenvalue weighted by Crippen LogP contribution is 2.23. The van der Waals surface area contributed by atoms with Crippen molar-refractivity contribution in [3.05, 3.63) is 114 Å². The maximum atomic E-state index is 12.5. The molecular formula is C28H27N3O. The van der Waals surface area contributed by atoms with E-state index in [2.05, 4.69) is 31.3 Å². The van der Waals surface area contributed by atoms with Gasteiger partial charge < -0.3 is 5.32 Å². The standard InChI is InChI=1S/C28H27N3O/c1-21(2)23-16-13-22(14-17-23)15-18-27(32)29-19-25-20-31(26-11-7-4-8-12-26)30-28(25)24-9-5-3-6-10-24/h3-18,20-21H,19H2,1-2H3,(H,29,32)/b18-15+. The lowest BCUT2D eigenvalue weighted by Gasteiger charge is -2.05. The minimum absolute atomic E-state index is 0.135. The van der Waals surface area contributed by atoms with Gasteiger partial charge in [0.15, 0.2) is 0 Å². The maximum Gasteiger partial charge on any atom is 0.244 e. The second kappa shape index (κ2) is 9.92. The van der Waals surface area contributed by atoms with Crippen molar-refractivity contribution in [1.29, 1.82) is 0 Å². The summed E-state index contributed by atoms with van der Waals surface area (Å²) in [6.07, 6.45) is 5.39. The fourth-order valence-electron chi connectivity index (χ4n) is 3.50. The van der Waals surface area contributed by atoms with Gasteiger partial charge in [0, 0.05) is 29.9 Å². The largest absolute Gasteiger partial charge is 0.348 e. The number of amides is 1. The summed E-state index contributed by atoms with van der Waals surface area (Å²) in [5.74, 6) is 0.358. The Labute approximate surface area is 189 Å². The Bertz CT molecular complexity index is 1190. The third kappa shape index (κ3) is 5.22. The molecule has 160 valence electrons. The van der Waals surface area contributed by atoms with Crippen molar-refractivity contribution in [1.82, 2.24) is 15.1 Å². The first-order valence-electron chi connectivity index (χ1n) is 10.9. The summed E-state index contributed by atoms with van der Waals surface area (Å²) in [5, 5.41) is 7.79. The summed E-state index contributed by atoms with van der Waals surface area (Å²) in [6, 6.07) is 28.3. The lowest BCUT2D eigenvalue weighted by atomic mass is 10.0. The number of aromatic nitrogens is 2. The van der Waals surface area contributed by atoms with Crippen LogP contribution in [0.25, 0.3) is 23.0 Å². The number of nitrogens with one attached hydrogen (secondary N) is 1.